The molecule has 2 aromatic carbocycles. The van der Waals surface area contributed by atoms with Crippen molar-refractivity contribution in [1.82, 2.24) is 0 Å². The van der Waals surface area contributed by atoms with Crippen molar-refractivity contribution in [2.45, 2.75) is 32.4 Å². The lowest BCUT2D eigenvalue weighted by atomic mass is 10.1. The molecule has 0 aliphatic carbocycles. The Kier molecular flexibility index (Phi) is 3.84. The highest BCUT2D eigenvalue weighted by Gasteiger charge is 2.23. The van der Waals surface area contributed by atoms with Gasteiger partial charge in [-0.15, -0.1) is 0 Å². The van der Waals surface area contributed by atoms with E-state index in [9.17, 15) is 0 Å². The third-order valence-corrected chi connectivity index (χ3v) is 3.80. The largest absolute Gasteiger partial charge is 0.490 e. The number of rotatable bonds is 4. The Morgan fingerprint density at radius 1 is 1.24 bits per heavy atom. The first-order valence-corrected chi connectivity index (χ1v) is 7.36. The average Bonchev–Trinajstić information content (AvgIpc) is 2.87. The van der Waals surface area contributed by atoms with Crippen molar-refractivity contribution in [2.75, 3.05) is 6.61 Å². The minimum atomic E-state index is 0.0509. The molecule has 0 fully saturated rings. The van der Waals surface area contributed by atoms with Crippen LogP contribution in [0.2, 0.25) is 0 Å². The average molecular weight is 283 g/mol. The summed E-state index contributed by atoms with van der Waals surface area (Å²) in [4.78, 5) is 0. The summed E-state index contributed by atoms with van der Waals surface area (Å²) in [5, 5.41) is 0. The number of aryl methyl sites for hydroxylation is 1. The summed E-state index contributed by atoms with van der Waals surface area (Å²) >= 11 is 0. The van der Waals surface area contributed by atoms with Gasteiger partial charge >= 0.3 is 0 Å². The normalized spacial score (nSPS) is 18.0. The van der Waals surface area contributed by atoms with E-state index in [0.717, 1.165) is 23.5 Å². The lowest BCUT2D eigenvalue weighted by Gasteiger charge is -2.13. The monoisotopic (exact) mass is 283 g/mol. The first-order chi connectivity index (χ1) is 10.1. The van der Waals surface area contributed by atoms with Gasteiger partial charge in [-0.3, -0.25) is 0 Å². The van der Waals surface area contributed by atoms with E-state index >= 15 is 0 Å². The molecule has 3 rings (SSSR count). The molecular formula is C18H21NO2. The molecule has 1 aliphatic rings. The fraction of sp³-hybridized carbons (Fsp3) is 0.333. The summed E-state index contributed by atoms with van der Waals surface area (Å²) in [7, 11) is 0. The van der Waals surface area contributed by atoms with E-state index in [0.29, 0.717) is 6.61 Å². The van der Waals surface area contributed by atoms with Crippen molar-refractivity contribution in [1.29, 1.82) is 0 Å². The molecule has 1 aliphatic heterocycles. The van der Waals surface area contributed by atoms with Crippen molar-refractivity contribution >= 4 is 0 Å². The molecule has 1 unspecified atom stereocenters. The predicted molar refractivity (Wildman–Crippen MR) is 83.8 cm³/mol. The number of fused-ring (bicyclic) bond motifs is 1. The summed E-state index contributed by atoms with van der Waals surface area (Å²) in [6.45, 7) is 4.64. The highest BCUT2D eigenvalue weighted by molar-refractivity contribution is 5.40. The quantitative estimate of drug-likeness (QED) is 0.935. The van der Waals surface area contributed by atoms with E-state index < -0.39 is 0 Å². The van der Waals surface area contributed by atoms with Gasteiger partial charge < -0.3 is 15.2 Å². The molecule has 1 heterocycles. The Hall–Kier alpha value is -2.00. The van der Waals surface area contributed by atoms with Crippen LogP contribution in [-0.2, 0) is 6.42 Å². The van der Waals surface area contributed by atoms with Crippen LogP contribution in [-0.4, -0.2) is 12.7 Å². The second-order valence-electron chi connectivity index (χ2n) is 5.72. The molecule has 2 N–H and O–H groups in total. The minimum absolute atomic E-state index is 0.0509. The van der Waals surface area contributed by atoms with Gasteiger partial charge in [0.05, 0.1) is 0 Å². The van der Waals surface area contributed by atoms with Gasteiger partial charge in [-0.1, -0.05) is 29.8 Å². The van der Waals surface area contributed by atoms with Crippen LogP contribution < -0.4 is 15.2 Å². The maximum absolute atomic E-state index is 5.90. The Morgan fingerprint density at radius 3 is 2.71 bits per heavy atom. The van der Waals surface area contributed by atoms with Crippen LogP contribution >= 0.6 is 0 Å². The van der Waals surface area contributed by atoms with E-state index in [-0.39, 0.29) is 12.1 Å². The molecule has 3 heteroatoms. The van der Waals surface area contributed by atoms with Crippen LogP contribution in [0.25, 0.3) is 0 Å². The lowest BCUT2D eigenvalue weighted by Crippen LogP contribution is -2.22. The summed E-state index contributed by atoms with van der Waals surface area (Å²) in [5.41, 5.74) is 9.49. The number of hydrogen-bond donors (Lipinski definition) is 1. The first-order valence-electron chi connectivity index (χ1n) is 7.36. The summed E-state index contributed by atoms with van der Waals surface area (Å²) < 4.78 is 11.7. The second-order valence-corrected chi connectivity index (χ2v) is 5.72. The highest BCUT2D eigenvalue weighted by Crippen LogP contribution is 2.29. The molecule has 3 nitrogen and oxygen atoms in total. The van der Waals surface area contributed by atoms with Crippen molar-refractivity contribution in [3.63, 3.8) is 0 Å². The zero-order chi connectivity index (χ0) is 14.8. The fourth-order valence-corrected chi connectivity index (χ4v) is 2.60. The molecule has 110 valence electrons. The van der Waals surface area contributed by atoms with Gasteiger partial charge in [0.15, 0.2) is 0 Å². The summed E-state index contributed by atoms with van der Waals surface area (Å²) in [6.07, 6.45) is 1.00. The van der Waals surface area contributed by atoms with Gasteiger partial charge in [-0.05, 0) is 43.2 Å². The Balaban J connectivity index is 1.57. The molecular weight excluding hydrogens is 262 g/mol. The van der Waals surface area contributed by atoms with E-state index in [4.69, 9.17) is 15.2 Å². The van der Waals surface area contributed by atoms with Gasteiger partial charge in [-0.25, -0.2) is 0 Å². The summed E-state index contributed by atoms with van der Waals surface area (Å²) in [5.74, 6) is 1.84. The number of ether oxygens (including phenoxy) is 2. The topological polar surface area (TPSA) is 44.5 Å². The Bertz CT molecular complexity index is 620. The van der Waals surface area contributed by atoms with Gasteiger partial charge in [0.1, 0.15) is 24.2 Å². The van der Waals surface area contributed by atoms with Crippen molar-refractivity contribution in [3.8, 4) is 11.5 Å². The molecule has 0 saturated heterocycles. The Morgan fingerprint density at radius 2 is 2.00 bits per heavy atom. The third-order valence-electron chi connectivity index (χ3n) is 3.80. The van der Waals surface area contributed by atoms with E-state index in [1.807, 2.05) is 37.3 Å². The predicted octanol–water partition coefficient (Wildman–Crippen LogP) is 3.40. The molecule has 0 spiro atoms. The van der Waals surface area contributed by atoms with Crippen LogP contribution in [0.5, 0.6) is 11.5 Å². The van der Waals surface area contributed by atoms with Crippen LogP contribution in [0, 0.1) is 6.92 Å². The van der Waals surface area contributed by atoms with Gasteiger partial charge in [-0.2, -0.15) is 0 Å². The molecule has 0 aromatic heterocycles. The van der Waals surface area contributed by atoms with Gasteiger partial charge in [0, 0.05) is 12.5 Å². The van der Waals surface area contributed by atoms with E-state index in [1.165, 1.54) is 11.1 Å². The van der Waals surface area contributed by atoms with Crippen LogP contribution in [0.3, 0.4) is 0 Å². The van der Waals surface area contributed by atoms with Gasteiger partial charge in [0.25, 0.3) is 0 Å². The highest BCUT2D eigenvalue weighted by atomic mass is 16.5. The standard InChI is InChI=1S/C18H21NO2/c1-12-3-8-18-15(9-12)10-17(21-18)11-20-16-6-4-14(5-7-16)13(2)19/h3-9,13,17H,10-11,19H2,1-2H3/t13-,17?/m0/s1. The maximum Gasteiger partial charge on any atom is 0.137 e. The first kappa shape index (κ1) is 14.0. The van der Waals surface area contributed by atoms with E-state index in [2.05, 4.69) is 19.1 Å². The summed E-state index contributed by atoms with van der Waals surface area (Å²) in [6, 6.07) is 14.3. The smallest absolute Gasteiger partial charge is 0.137 e. The molecule has 0 saturated carbocycles. The number of hydrogen-bond acceptors (Lipinski definition) is 3. The second kappa shape index (κ2) is 5.78. The zero-order valence-corrected chi connectivity index (χ0v) is 12.5. The molecule has 21 heavy (non-hydrogen) atoms. The minimum Gasteiger partial charge on any atom is -0.490 e. The van der Waals surface area contributed by atoms with Crippen LogP contribution in [0.15, 0.2) is 42.5 Å². The molecule has 0 bridgehead atoms. The van der Waals surface area contributed by atoms with Crippen LogP contribution in [0.1, 0.15) is 29.7 Å². The third kappa shape index (κ3) is 3.19. The molecule has 0 radical (unpaired) electrons. The van der Waals surface area contributed by atoms with Crippen molar-refractivity contribution in [2.24, 2.45) is 5.73 Å². The van der Waals surface area contributed by atoms with E-state index in [1.54, 1.807) is 0 Å². The molecule has 0 amide bonds. The molecule has 2 aromatic rings. The van der Waals surface area contributed by atoms with Crippen molar-refractivity contribution < 1.29 is 9.47 Å². The number of nitrogens with two attached hydrogens (primary N) is 1. The van der Waals surface area contributed by atoms with Crippen molar-refractivity contribution in [3.05, 3.63) is 59.2 Å². The molecule has 2 atom stereocenters. The Labute approximate surface area is 125 Å². The fourth-order valence-electron chi connectivity index (χ4n) is 2.60. The number of benzene rings is 2. The SMILES string of the molecule is Cc1ccc2c(c1)CC(COc1ccc([C@H](C)N)cc1)O2. The maximum atomic E-state index is 5.90. The van der Waals surface area contributed by atoms with Gasteiger partial charge in [0.2, 0.25) is 0 Å². The lowest BCUT2D eigenvalue weighted by molar-refractivity contribution is 0.148. The van der Waals surface area contributed by atoms with Crippen LogP contribution in [0.4, 0.5) is 0 Å². The zero-order valence-electron chi connectivity index (χ0n) is 12.5.